The molecule has 2 aliphatic rings. The monoisotopic (exact) mass is 598 g/mol. The van der Waals surface area contributed by atoms with Gasteiger partial charge in [-0.2, -0.15) is 0 Å². The molecule has 1 unspecified atom stereocenters. The first kappa shape index (κ1) is 29.1. The summed E-state index contributed by atoms with van der Waals surface area (Å²) in [7, 11) is 0. The third kappa shape index (κ3) is 5.82. The Bertz CT molecular complexity index is 1620. The van der Waals surface area contributed by atoms with Crippen molar-refractivity contribution in [2.45, 2.75) is 38.4 Å². The number of carboxylic acid groups (broad SMARTS) is 1. The highest BCUT2D eigenvalue weighted by molar-refractivity contribution is 6.31. The van der Waals surface area contributed by atoms with Crippen LogP contribution in [0.3, 0.4) is 0 Å². The average Bonchev–Trinajstić information content (AvgIpc) is 2.95. The predicted molar refractivity (Wildman–Crippen MR) is 152 cm³/mol. The molecular weight excluding hydrogens is 573 g/mol. The summed E-state index contributed by atoms with van der Waals surface area (Å²) >= 11 is 5.85. The molecule has 2 bridgehead atoms. The van der Waals surface area contributed by atoms with Crippen LogP contribution in [0.5, 0.6) is 0 Å². The molecule has 42 heavy (non-hydrogen) atoms. The molecule has 3 heterocycles. The van der Waals surface area contributed by atoms with Gasteiger partial charge in [-0.1, -0.05) is 24.6 Å². The Hall–Kier alpha value is -4.38. The number of alkyl halides is 1. The van der Waals surface area contributed by atoms with Gasteiger partial charge in [-0.05, 0) is 66.8 Å². The highest BCUT2D eigenvalue weighted by atomic mass is 35.5. The number of hydrogen-bond acceptors (Lipinski definition) is 4. The Kier molecular flexibility index (Phi) is 8.22. The van der Waals surface area contributed by atoms with Crippen molar-refractivity contribution in [3.05, 3.63) is 82.7 Å². The number of pyridine rings is 1. The minimum Gasteiger partial charge on any atom is -0.465 e. The van der Waals surface area contributed by atoms with Crippen molar-refractivity contribution in [1.29, 1.82) is 0 Å². The summed E-state index contributed by atoms with van der Waals surface area (Å²) < 4.78 is 44.6. The van der Waals surface area contributed by atoms with Crippen molar-refractivity contribution in [1.82, 2.24) is 9.88 Å². The Morgan fingerprint density at radius 2 is 1.93 bits per heavy atom. The summed E-state index contributed by atoms with van der Waals surface area (Å²) in [5.41, 5.74) is 1.90. The number of aromatic nitrogens is 1. The van der Waals surface area contributed by atoms with Crippen molar-refractivity contribution in [3.63, 3.8) is 0 Å². The lowest BCUT2D eigenvalue weighted by Gasteiger charge is -2.35. The number of carbonyl (C=O) groups is 3. The maximum atomic E-state index is 15.4. The average molecular weight is 599 g/mol. The second-order valence-electron chi connectivity index (χ2n) is 10.2. The zero-order valence-electron chi connectivity index (χ0n) is 22.3. The molecule has 2 aromatic carbocycles. The third-order valence-corrected chi connectivity index (χ3v) is 7.87. The van der Waals surface area contributed by atoms with Gasteiger partial charge < -0.3 is 15.3 Å². The van der Waals surface area contributed by atoms with Crippen molar-refractivity contribution in [3.8, 4) is 11.1 Å². The summed E-state index contributed by atoms with van der Waals surface area (Å²) in [5.74, 6) is -3.95. The van der Waals surface area contributed by atoms with Crippen LogP contribution in [0.4, 0.5) is 29.3 Å². The Balaban J connectivity index is 1.55. The zero-order valence-corrected chi connectivity index (χ0v) is 23.1. The number of carbonyl (C=O) groups excluding carboxylic acids is 2. The second-order valence-corrected chi connectivity index (χ2v) is 10.6. The molecule has 2 aliphatic heterocycles. The van der Waals surface area contributed by atoms with E-state index >= 15 is 4.39 Å². The Morgan fingerprint density at radius 3 is 2.67 bits per heavy atom. The van der Waals surface area contributed by atoms with Crippen LogP contribution in [-0.2, 0) is 9.59 Å². The predicted octanol–water partition coefficient (Wildman–Crippen LogP) is 6.83. The van der Waals surface area contributed by atoms with Gasteiger partial charge in [0.15, 0.2) is 5.82 Å². The molecule has 5 rings (SSSR count). The van der Waals surface area contributed by atoms with Crippen molar-refractivity contribution in [2.75, 3.05) is 17.2 Å². The van der Waals surface area contributed by atoms with Gasteiger partial charge in [-0.25, -0.2) is 18.0 Å². The minimum absolute atomic E-state index is 0.0729. The van der Waals surface area contributed by atoms with Crippen LogP contribution < -0.4 is 10.6 Å². The van der Waals surface area contributed by atoms with Crippen LogP contribution in [0.2, 0.25) is 5.02 Å². The van der Waals surface area contributed by atoms with E-state index in [9.17, 15) is 23.2 Å². The van der Waals surface area contributed by atoms with Gasteiger partial charge in [0.25, 0.3) is 0 Å². The van der Waals surface area contributed by atoms with E-state index in [0.29, 0.717) is 16.8 Å². The van der Waals surface area contributed by atoms with Crippen LogP contribution in [0.25, 0.3) is 16.7 Å². The highest BCUT2D eigenvalue weighted by Gasteiger charge is 2.33. The maximum absolute atomic E-state index is 15.4. The summed E-state index contributed by atoms with van der Waals surface area (Å²) in [6, 6.07) is 9.45. The zero-order chi connectivity index (χ0) is 30.1. The fourth-order valence-corrected chi connectivity index (χ4v) is 5.48. The highest BCUT2D eigenvalue weighted by Crippen LogP contribution is 2.38. The first-order valence-corrected chi connectivity index (χ1v) is 13.6. The molecule has 0 saturated carbocycles. The molecular formula is C30H26ClF3N4O4. The number of nitrogens with zero attached hydrogens (tertiary/aromatic N) is 2. The molecule has 218 valence electrons. The lowest BCUT2D eigenvalue weighted by molar-refractivity contribution is -0.129. The fourth-order valence-electron chi connectivity index (χ4n) is 5.32. The number of fused-ring (bicyclic) bond motifs is 4. The third-order valence-electron chi connectivity index (χ3n) is 7.58. The number of rotatable bonds is 3. The van der Waals surface area contributed by atoms with Gasteiger partial charge in [-0.3, -0.25) is 19.9 Å². The lowest BCUT2D eigenvalue weighted by atomic mass is 9.92. The molecule has 0 saturated heterocycles. The molecule has 0 fully saturated rings. The van der Waals surface area contributed by atoms with Crippen molar-refractivity contribution >= 4 is 46.5 Å². The quantitative estimate of drug-likeness (QED) is 0.286. The molecule has 0 radical (unpaired) electrons. The first-order chi connectivity index (χ1) is 20.0. The van der Waals surface area contributed by atoms with Crippen LogP contribution in [0, 0.1) is 17.6 Å². The van der Waals surface area contributed by atoms with Gasteiger partial charge in [0.05, 0.1) is 33.9 Å². The van der Waals surface area contributed by atoms with E-state index in [1.165, 1.54) is 30.2 Å². The normalized spacial score (nSPS) is 20.9. The first-order valence-electron chi connectivity index (χ1n) is 13.2. The molecule has 1 aromatic heterocycles. The Labute approximate surface area is 244 Å². The summed E-state index contributed by atoms with van der Waals surface area (Å²) in [6.07, 6.45) is 0.0200. The van der Waals surface area contributed by atoms with E-state index in [1.807, 2.05) is 0 Å². The van der Waals surface area contributed by atoms with E-state index < -0.39 is 47.7 Å². The molecule has 12 heteroatoms. The number of nitrogens with one attached hydrogen (secondary N) is 2. The molecule has 3 atom stereocenters. The number of halogens is 4. The van der Waals surface area contributed by atoms with Crippen LogP contribution in [0.15, 0.2) is 54.7 Å². The number of anilines is 2. The maximum Gasteiger partial charge on any atom is 0.409 e. The molecule has 8 nitrogen and oxygen atoms in total. The largest absolute Gasteiger partial charge is 0.465 e. The van der Waals surface area contributed by atoms with Crippen molar-refractivity contribution in [2.24, 2.45) is 5.92 Å². The van der Waals surface area contributed by atoms with Crippen LogP contribution in [-0.4, -0.2) is 45.6 Å². The number of amides is 3. The van der Waals surface area contributed by atoms with Gasteiger partial charge in [-0.15, -0.1) is 0 Å². The number of benzene rings is 2. The van der Waals surface area contributed by atoms with Crippen molar-refractivity contribution < 1.29 is 32.7 Å². The second kappa shape index (κ2) is 11.8. The summed E-state index contributed by atoms with van der Waals surface area (Å²) in [5, 5.41) is 13.8. The van der Waals surface area contributed by atoms with Crippen LogP contribution in [0.1, 0.15) is 43.5 Å². The molecule has 3 N–H and O–H groups in total. The van der Waals surface area contributed by atoms with E-state index in [0.717, 1.165) is 18.2 Å². The topological polar surface area (TPSA) is 112 Å². The van der Waals surface area contributed by atoms with Crippen LogP contribution >= 0.6 is 11.6 Å². The smallest absolute Gasteiger partial charge is 0.409 e. The van der Waals surface area contributed by atoms with E-state index in [4.69, 9.17) is 16.7 Å². The fraction of sp³-hybridized carbons (Fsp3) is 0.267. The van der Waals surface area contributed by atoms with Gasteiger partial charge in [0, 0.05) is 30.1 Å². The van der Waals surface area contributed by atoms with E-state index in [2.05, 4.69) is 15.6 Å². The molecule has 0 aliphatic carbocycles. The minimum atomic E-state index is -1.57. The molecule has 3 aromatic rings. The number of hydrogen-bond donors (Lipinski definition) is 3. The standard InChI is InChI=1S/C30H26ClF3N4O4/c1-15-21(32)6-7-25(38-11-9-17(13-26(38)39)27-22(33)5-4-20(31)28(27)34)24-12-16(8-10-35-24)19-3-2-18(36-30(41)42)14-23(19)37-29(15)40/h2-5,8,10,12-15,21,25,36H,6-7,9,11H2,1H3,(H,37,40)(H,41,42)/t15-,21?,25+/m1/s1. The Morgan fingerprint density at radius 1 is 1.14 bits per heavy atom. The summed E-state index contributed by atoms with van der Waals surface area (Å²) in [4.78, 5) is 43.6. The van der Waals surface area contributed by atoms with E-state index in [-0.39, 0.29) is 53.3 Å². The van der Waals surface area contributed by atoms with Gasteiger partial charge >= 0.3 is 6.09 Å². The lowest BCUT2D eigenvalue weighted by Crippen LogP contribution is -2.38. The van der Waals surface area contributed by atoms with E-state index in [1.54, 1.807) is 18.2 Å². The molecule has 3 amide bonds. The SMILES string of the molecule is C[C@H]1C(=O)Nc2cc(NC(=O)O)ccc2-c2ccnc(c2)[C@@H](N2CCC(c3c(F)ccc(Cl)c3F)=CC2=O)CCC1F. The summed E-state index contributed by atoms with van der Waals surface area (Å²) in [6.45, 7) is 1.53. The molecule has 0 spiro atoms. The van der Waals surface area contributed by atoms with Gasteiger partial charge in [0.2, 0.25) is 11.8 Å². The van der Waals surface area contributed by atoms with Gasteiger partial charge in [0.1, 0.15) is 12.0 Å².